The molecule has 0 atom stereocenters. The zero-order valence-electron chi connectivity index (χ0n) is 8.78. The van der Waals surface area contributed by atoms with Crippen molar-refractivity contribution in [2.75, 3.05) is 0 Å². The first-order chi connectivity index (χ1) is 7.64. The fourth-order valence-corrected chi connectivity index (χ4v) is 0.478. The Balaban J connectivity index is -0.0000000734. The molecule has 17 heavy (non-hydrogen) atoms. The van der Waals surface area contributed by atoms with Gasteiger partial charge >= 0.3 is 96.2 Å². The van der Waals surface area contributed by atoms with E-state index in [0.717, 1.165) is 5.56 Å². The molecule has 0 N–H and O–H groups in total. The summed E-state index contributed by atoms with van der Waals surface area (Å²) in [6, 6.07) is 9.87. The van der Waals surface area contributed by atoms with Crippen molar-refractivity contribution in [3.05, 3.63) is 42.8 Å². The Morgan fingerprint density at radius 1 is 0.824 bits per heavy atom. The van der Waals surface area contributed by atoms with Crippen LogP contribution in [0.5, 0.6) is 0 Å². The summed E-state index contributed by atoms with van der Waals surface area (Å²) < 4.78 is 50.8. The number of hydrogen-bond donors (Lipinski definition) is 0. The summed E-state index contributed by atoms with van der Waals surface area (Å²) in [5.74, 6) is 0. The first-order valence-electron chi connectivity index (χ1n) is 3.68. The first kappa shape index (κ1) is 26.0. The van der Waals surface area contributed by atoms with E-state index in [4.69, 9.17) is 23.9 Å². The second-order valence-corrected chi connectivity index (χ2v) is 2.35. The van der Waals surface area contributed by atoms with Crippen LogP contribution < -0.4 is 12.5 Å². The van der Waals surface area contributed by atoms with Gasteiger partial charge in [-0.3, -0.25) is 0 Å². The van der Waals surface area contributed by atoms with E-state index in [1.807, 2.05) is 30.3 Å². The van der Waals surface area contributed by atoms with Crippen molar-refractivity contribution >= 4 is 46.5 Å². The molecular formula is C7H7Al3HfO6. The minimum absolute atomic E-state index is 0. The van der Waals surface area contributed by atoms with Gasteiger partial charge < -0.3 is 0 Å². The molecule has 0 unspecified atom stereocenters. The van der Waals surface area contributed by atoms with E-state index in [-0.39, 0.29) is 25.8 Å². The van der Waals surface area contributed by atoms with E-state index < -0.39 is 46.5 Å². The zero-order valence-corrected chi connectivity index (χ0v) is 15.8. The number of hydrogen-bond acceptors (Lipinski definition) is 6. The average Bonchev–Trinajstić information content (AvgIpc) is 2.22. The van der Waals surface area contributed by atoms with Gasteiger partial charge in [0.2, 0.25) is 0 Å². The molecule has 0 aliphatic carbocycles. The molecule has 0 heterocycles. The predicted molar refractivity (Wildman–Crippen MR) is 50.2 cm³/mol. The molecule has 0 amide bonds. The van der Waals surface area contributed by atoms with Gasteiger partial charge in [0.1, 0.15) is 0 Å². The molecule has 1 aromatic rings. The molecule has 6 nitrogen and oxygen atoms in total. The molecule has 0 bridgehead atoms. The van der Waals surface area contributed by atoms with Crippen LogP contribution in [0.1, 0.15) is 5.56 Å². The van der Waals surface area contributed by atoms with Crippen LogP contribution in [-0.2, 0) is 37.3 Å². The standard InChI is InChI=1S/C7H7.3Al.Hf.6O/c1-7-5-3-2-4-6-7;;;;;;;;;;/h2-6H,1H2;;;;;;;;;;/q-1;;;;+4;;;;3*-1. The van der Waals surface area contributed by atoms with Gasteiger partial charge in [-0.1, -0.05) is 6.07 Å². The third kappa shape index (κ3) is 48.3. The monoisotopic (exact) mass is 448 g/mol. The second-order valence-electron chi connectivity index (χ2n) is 1.77. The van der Waals surface area contributed by atoms with Gasteiger partial charge in [-0.25, -0.2) is 0 Å². The molecule has 0 aliphatic heterocycles. The van der Waals surface area contributed by atoms with Crippen LogP contribution in [0.4, 0.5) is 0 Å². The summed E-state index contributed by atoms with van der Waals surface area (Å²) in [6.07, 6.45) is 0. The molecule has 10 heteroatoms. The van der Waals surface area contributed by atoms with E-state index >= 15 is 0 Å². The van der Waals surface area contributed by atoms with Crippen LogP contribution in [0, 0.1) is 6.92 Å². The van der Waals surface area contributed by atoms with Gasteiger partial charge in [-0.05, 0) is 0 Å². The maximum absolute atomic E-state index is 8.46. The molecule has 0 saturated carbocycles. The molecular weight excluding hydrogens is 440 g/mol. The first-order valence-corrected chi connectivity index (χ1v) is 6.51. The van der Waals surface area contributed by atoms with Gasteiger partial charge in [-0.15, -0.1) is 12.1 Å². The minimum atomic E-state index is -1.75. The van der Waals surface area contributed by atoms with Gasteiger partial charge in [0.05, 0.1) is 0 Å². The van der Waals surface area contributed by atoms with Crippen molar-refractivity contribution in [2.45, 2.75) is 0 Å². The molecule has 0 saturated heterocycles. The fourth-order valence-electron chi connectivity index (χ4n) is 0.478. The van der Waals surface area contributed by atoms with Crippen LogP contribution in [0.25, 0.3) is 0 Å². The van der Waals surface area contributed by atoms with Crippen LogP contribution in [0.2, 0.25) is 0 Å². The van der Waals surface area contributed by atoms with Crippen molar-refractivity contribution in [3.63, 3.8) is 0 Å². The van der Waals surface area contributed by atoms with Gasteiger partial charge in [0, 0.05) is 0 Å². The molecule has 0 aliphatic rings. The summed E-state index contributed by atoms with van der Waals surface area (Å²) in [7, 11) is 0. The van der Waals surface area contributed by atoms with Gasteiger partial charge in [0.25, 0.3) is 0 Å². The third-order valence-electron chi connectivity index (χ3n) is 0.843. The quantitative estimate of drug-likeness (QED) is 0.306. The Hall–Kier alpha value is 0.358. The fraction of sp³-hybridized carbons (Fsp3) is 0. The molecule has 84 valence electrons. The van der Waals surface area contributed by atoms with Crippen molar-refractivity contribution in [1.29, 1.82) is 0 Å². The number of rotatable bonds is 0. The van der Waals surface area contributed by atoms with Crippen molar-refractivity contribution in [2.24, 2.45) is 0 Å². The Morgan fingerprint density at radius 2 is 1.06 bits per heavy atom. The number of benzene rings is 1. The van der Waals surface area contributed by atoms with E-state index in [2.05, 4.69) is 6.92 Å². The predicted octanol–water partition coefficient (Wildman–Crippen LogP) is -3.20. The normalized spacial score (nSPS) is 4.94. The van der Waals surface area contributed by atoms with Gasteiger partial charge in [-0.2, -0.15) is 24.6 Å². The molecule has 0 fully saturated rings. The molecule has 1 aromatic carbocycles. The third-order valence-corrected chi connectivity index (χ3v) is 0.843. The van der Waals surface area contributed by atoms with Crippen molar-refractivity contribution in [1.82, 2.24) is 0 Å². The zero-order chi connectivity index (χ0) is 13.2. The molecule has 1 rings (SSSR count). The summed E-state index contributed by atoms with van der Waals surface area (Å²) in [6.45, 7) is 3.72. The molecule has 0 aromatic heterocycles. The molecule has 0 radical (unpaired) electrons. The Labute approximate surface area is 138 Å². The summed E-state index contributed by atoms with van der Waals surface area (Å²) in [4.78, 5) is 0. The van der Waals surface area contributed by atoms with Gasteiger partial charge in [0.15, 0.2) is 0 Å². The summed E-state index contributed by atoms with van der Waals surface area (Å²) in [5, 5.41) is 0. The summed E-state index contributed by atoms with van der Waals surface area (Å²) in [5.41, 5.74) is 1.07. The Kier molecular flexibility index (Phi) is 45.8. The van der Waals surface area contributed by atoms with Crippen LogP contribution in [0.15, 0.2) is 30.3 Å². The van der Waals surface area contributed by atoms with Crippen molar-refractivity contribution < 1.29 is 49.7 Å². The van der Waals surface area contributed by atoms with E-state index in [1.165, 1.54) is 0 Å². The maximum atomic E-state index is 8.46. The average molecular weight is 447 g/mol. The van der Waals surface area contributed by atoms with E-state index in [1.54, 1.807) is 0 Å². The van der Waals surface area contributed by atoms with Crippen LogP contribution in [-0.4, -0.2) is 46.5 Å². The SMILES string of the molecule is [CH2-]c1ccccc1.[Hf+4].[O]=[Al][O-].[O]=[Al][O-].[O]=[Al][O-]. The van der Waals surface area contributed by atoms with E-state index in [0.29, 0.717) is 0 Å². The van der Waals surface area contributed by atoms with Crippen molar-refractivity contribution in [3.8, 4) is 0 Å². The Morgan fingerprint density at radius 3 is 1.18 bits per heavy atom. The van der Waals surface area contributed by atoms with Crippen LogP contribution >= 0.6 is 0 Å². The van der Waals surface area contributed by atoms with Crippen LogP contribution in [0.3, 0.4) is 0 Å². The topological polar surface area (TPSA) is 120 Å². The Bertz CT molecular complexity index is 247. The molecule has 0 spiro atoms. The summed E-state index contributed by atoms with van der Waals surface area (Å²) >= 11 is -5.25. The van der Waals surface area contributed by atoms with E-state index in [9.17, 15) is 0 Å². The second kappa shape index (κ2) is 29.9.